The monoisotopic (exact) mass is 351 g/mol. The number of hydrogen-bond acceptors (Lipinski definition) is 5. The molecule has 7 heteroatoms. The van der Waals surface area contributed by atoms with Gasteiger partial charge in [-0.3, -0.25) is 4.72 Å². The largest absolute Gasteiger partial charge is 0.378 e. The van der Waals surface area contributed by atoms with Crippen LogP contribution in [0.4, 0.5) is 11.4 Å². The van der Waals surface area contributed by atoms with Gasteiger partial charge in [0.1, 0.15) is 6.07 Å². The molecule has 1 saturated carbocycles. The molecular weight excluding hydrogens is 326 g/mol. The van der Waals surface area contributed by atoms with Crippen molar-refractivity contribution in [3.8, 4) is 6.07 Å². The van der Waals surface area contributed by atoms with Crippen LogP contribution in [-0.4, -0.2) is 41.0 Å². The number of anilines is 2. The number of ether oxygens (including phenoxy) is 1. The van der Waals surface area contributed by atoms with Gasteiger partial charge in [0, 0.05) is 26.9 Å². The molecule has 0 amide bonds. The summed E-state index contributed by atoms with van der Waals surface area (Å²) in [5, 5.41) is 9.24. The van der Waals surface area contributed by atoms with Crippen molar-refractivity contribution in [3.63, 3.8) is 0 Å². The molecule has 0 aromatic heterocycles. The van der Waals surface area contributed by atoms with E-state index in [9.17, 15) is 13.7 Å². The number of sulfonamides is 1. The van der Waals surface area contributed by atoms with Gasteiger partial charge in [-0.2, -0.15) is 5.26 Å². The van der Waals surface area contributed by atoms with Gasteiger partial charge in [-0.15, -0.1) is 0 Å². The maximum Gasteiger partial charge on any atom is 0.235 e. The molecule has 1 N–H and O–H groups in total. The van der Waals surface area contributed by atoms with E-state index in [2.05, 4.69) is 4.72 Å². The van der Waals surface area contributed by atoms with Crippen LogP contribution >= 0.6 is 0 Å². The van der Waals surface area contributed by atoms with Crippen LogP contribution < -0.4 is 9.62 Å². The Balaban J connectivity index is 2.25. The highest BCUT2D eigenvalue weighted by molar-refractivity contribution is 7.92. The summed E-state index contributed by atoms with van der Waals surface area (Å²) in [6.07, 6.45) is 4.55. The molecule has 1 fully saturated rings. The summed E-state index contributed by atoms with van der Waals surface area (Å²) in [5.74, 6) is -0.0897. The summed E-state index contributed by atoms with van der Waals surface area (Å²) in [4.78, 5) is 1.86. The molecule has 2 rings (SSSR count). The maximum absolute atomic E-state index is 12.7. The molecule has 1 aliphatic carbocycles. The zero-order chi connectivity index (χ0) is 17.8. The summed E-state index contributed by atoms with van der Waals surface area (Å²) in [7, 11) is 1.68. The van der Waals surface area contributed by atoms with Crippen molar-refractivity contribution in [2.75, 3.05) is 36.6 Å². The van der Waals surface area contributed by atoms with Crippen LogP contribution in [0.25, 0.3) is 0 Å². The number of benzene rings is 1. The summed E-state index contributed by atoms with van der Waals surface area (Å²) < 4.78 is 33.5. The van der Waals surface area contributed by atoms with Gasteiger partial charge in [0.2, 0.25) is 10.0 Å². The SMILES string of the molecule is COC1(CS(=O)(=O)Nc2cc(N(C)C)ccc2C#N)CCCCC1. The van der Waals surface area contributed by atoms with Crippen LogP contribution in [0.3, 0.4) is 0 Å². The van der Waals surface area contributed by atoms with E-state index in [1.807, 2.05) is 25.1 Å². The predicted molar refractivity (Wildman–Crippen MR) is 95.7 cm³/mol. The number of rotatable bonds is 6. The van der Waals surface area contributed by atoms with Gasteiger partial charge in [-0.25, -0.2) is 8.42 Å². The third kappa shape index (κ3) is 4.40. The van der Waals surface area contributed by atoms with E-state index in [1.54, 1.807) is 25.3 Å². The summed E-state index contributed by atoms with van der Waals surface area (Å²) in [5.41, 5.74) is 0.812. The highest BCUT2D eigenvalue weighted by atomic mass is 32.2. The molecule has 132 valence electrons. The fraction of sp³-hybridized carbons (Fsp3) is 0.588. The van der Waals surface area contributed by atoms with Gasteiger partial charge < -0.3 is 9.64 Å². The first-order valence-corrected chi connectivity index (χ1v) is 9.73. The first-order valence-electron chi connectivity index (χ1n) is 8.08. The van der Waals surface area contributed by atoms with Gasteiger partial charge >= 0.3 is 0 Å². The second-order valence-electron chi connectivity index (χ2n) is 6.55. The third-order valence-electron chi connectivity index (χ3n) is 4.56. The van der Waals surface area contributed by atoms with Crippen LogP contribution in [0.2, 0.25) is 0 Å². The second-order valence-corrected chi connectivity index (χ2v) is 8.27. The molecule has 0 spiro atoms. The molecule has 1 aliphatic rings. The van der Waals surface area contributed by atoms with Crippen molar-refractivity contribution in [2.24, 2.45) is 0 Å². The number of nitrogens with one attached hydrogen (secondary N) is 1. The van der Waals surface area contributed by atoms with Crippen molar-refractivity contribution in [1.82, 2.24) is 0 Å². The molecule has 0 radical (unpaired) electrons. The maximum atomic E-state index is 12.7. The summed E-state index contributed by atoms with van der Waals surface area (Å²) >= 11 is 0. The van der Waals surface area contributed by atoms with Gasteiger partial charge in [0.05, 0.1) is 22.6 Å². The van der Waals surface area contributed by atoms with Crippen molar-refractivity contribution >= 4 is 21.4 Å². The van der Waals surface area contributed by atoms with E-state index in [0.29, 0.717) is 11.3 Å². The van der Waals surface area contributed by atoms with Crippen LogP contribution in [0.5, 0.6) is 0 Å². The zero-order valence-electron chi connectivity index (χ0n) is 14.5. The fourth-order valence-corrected chi connectivity index (χ4v) is 4.82. The Bertz CT molecular complexity index is 717. The minimum absolute atomic E-state index is 0.0897. The third-order valence-corrected chi connectivity index (χ3v) is 5.99. The summed E-state index contributed by atoms with van der Waals surface area (Å²) in [6, 6.07) is 7.12. The smallest absolute Gasteiger partial charge is 0.235 e. The van der Waals surface area contributed by atoms with E-state index in [0.717, 1.165) is 37.8 Å². The average Bonchev–Trinajstić information content (AvgIpc) is 2.54. The molecule has 0 aliphatic heterocycles. The molecule has 0 unspecified atom stereocenters. The Morgan fingerprint density at radius 3 is 2.50 bits per heavy atom. The fourth-order valence-electron chi connectivity index (χ4n) is 3.15. The van der Waals surface area contributed by atoms with Gasteiger partial charge in [-0.05, 0) is 31.0 Å². The van der Waals surface area contributed by atoms with Gasteiger partial charge in [0.25, 0.3) is 0 Å². The van der Waals surface area contributed by atoms with Crippen molar-refractivity contribution in [3.05, 3.63) is 23.8 Å². The minimum Gasteiger partial charge on any atom is -0.378 e. The lowest BCUT2D eigenvalue weighted by Gasteiger charge is -2.35. The lowest BCUT2D eigenvalue weighted by molar-refractivity contribution is -0.0201. The molecule has 1 aromatic carbocycles. The van der Waals surface area contributed by atoms with Crippen LogP contribution in [0.15, 0.2) is 18.2 Å². The molecular formula is C17H25N3O3S. The van der Waals surface area contributed by atoms with Crippen LogP contribution in [0, 0.1) is 11.3 Å². The molecule has 24 heavy (non-hydrogen) atoms. The van der Waals surface area contributed by atoms with Crippen LogP contribution in [0.1, 0.15) is 37.7 Å². The van der Waals surface area contributed by atoms with Crippen molar-refractivity contribution in [1.29, 1.82) is 5.26 Å². The number of hydrogen-bond donors (Lipinski definition) is 1. The van der Waals surface area contributed by atoms with Gasteiger partial charge in [0.15, 0.2) is 0 Å². The van der Waals surface area contributed by atoms with Gasteiger partial charge in [-0.1, -0.05) is 19.3 Å². The lowest BCUT2D eigenvalue weighted by atomic mass is 9.86. The first kappa shape index (κ1) is 18.6. The Morgan fingerprint density at radius 1 is 1.29 bits per heavy atom. The van der Waals surface area contributed by atoms with Crippen molar-refractivity contribution < 1.29 is 13.2 Å². The second kappa shape index (κ2) is 7.41. The molecule has 6 nitrogen and oxygen atoms in total. The van der Waals surface area contributed by atoms with E-state index in [-0.39, 0.29) is 5.75 Å². The first-order chi connectivity index (χ1) is 11.3. The Labute approximate surface area is 144 Å². The zero-order valence-corrected chi connectivity index (χ0v) is 15.3. The number of methoxy groups -OCH3 is 1. The highest BCUT2D eigenvalue weighted by Gasteiger charge is 2.37. The Hall–Kier alpha value is -1.78. The lowest BCUT2D eigenvalue weighted by Crippen LogP contribution is -2.42. The highest BCUT2D eigenvalue weighted by Crippen LogP contribution is 2.33. The average molecular weight is 351 g/mol. The Kier molecular flexibility index (Phi) is 5.73. The quantitative estimate of drug-likeness (QED) is 0.852. The van der Waals surface area contributed by atoms with E-state index < -0.39 is 15.6 Å². The standard InChI is InChI=1S/C17H25N3O3S/c1-20(2)15-8-7-14(12-18)16(11-15)19-24(21,22)13-17(23-3)9-5-4-6-10-17/h7-8,11,19H,4-6,9-10,13H2,1-3H3. The van der Waals surface area contributed by atoms with E-state index in [1.165, 1.54) is 0 Å². The van der Waals surface area contributed by atoms with E-state index >= 15 is 0 Å². The molecule has 0 heterocycles. The molecule has 1 aromatic rings. The molecule has 0 saturated heterocycles. The minimum atomic E-state index is -3.62. The van der Waals surface area contributed by atoms with Crippen molar-refractivity contribution in [2.45, 2.75) is 37.7 Å². The topological polar surface area (TPSA) is 82.4 Å². The molecule has 0 atom stereocenters. The van der Waals surface area contributed by atoms with E-state index in [4.69, 9.17) is 4.74 Å². The summed E-state index contributed by atoms with van der Waals surface area (Å²) in [6.45, 7) is 0. The van der Waals surface area contributed by atoms with Crippen LogP contribution in [-0.2, 0) is 14.8 Å². The number of nitrogens with zero attached hydrogens (tertiary/aromatic N) is 2. The normalized spacial score (nSPS) is 17.1. The predicted octanol–water partition coefficient (Wildman–Crippen LogP) is 2.72. The Morgan fingerprint density at radius 2 is 1.96 bits per heavy atom. The number of nitriles is 1. The molecule has 0 bridgehead atoms.